The van der Waals surface area contributed by atoms with Crippen LogP contribution in [0.1, 0.15) is 29.5 Å². The van der Waals surface area contributed by atoms with Gasteiger partial charge in [-0.05, 0) is 47.7 Å². The van der Waals surface area contributed by atoms with E-state index in [1.807, 2.05) is 12.1 Å². The van der Waals surface area contributed by atoms with E-state index in [4.69, 9.17) is 23.2 Å². The van der Waals surface area contributed by atoms with Crippen molar-refractivity contribution in [2.45, 2.75) is 18.4 Å². The molecule has 0 bridgehead atoms. The summed E-state index contributed by atoms with van der Waals surface area (Å²) in [6, 6.07) is 12.6. The molecule has 22 heavy (non-hydrogen) atoms. The highest BCUT2D eigenvalue weighted by Gasteiger charge is 2.38. The second-order valence-electron chi connectivity index (χ2n) is 5.88. The summed E-state index contributed by atoms with van der Waals surface area (Å²) in [4.78, 5) is 0. The number of hydrogen-bond donors (Lipinski definition) is 1. The Bertz CT molecular complexity index is 754. The molecule has 0 saturated heterocycles. The van der Waals surface area contributed by atoms with Gasteiger partial charge in [0.05, 0.1) is 16.8 Å². The zero-order chi connectivity index (χ0) is 15.3. The fourth-order valence-corrected chi connectivity index (χ4v) is 4.45. The maximum Gasteiger partial charge on any atom is 0.0655 e. The number of nitrogens with one attached hydrogen (secondary N) is 1. The van der Waals surface area contributed by atoms with Gasteiger partial charge >= 0.3 is 0 Å². The number of allylic oxidation sites excluding steroid dienone is 2. The molecule has 0 fully saturated rings. The molecule has 2 aromatic carbocycles. The van der Waals surface area contributed by atoms with Gasteiger partial charge in [-0.1, -0.05) is 63.4 Å². The zero-order valence-electron chi connectivity index (χ0n) is 11.7. The monoisotopic (exact) mass is 393 g/mol. The zero-order valence-corrected chi connectivity index (χ0v) is 14.8. The molecule has 2 aliphatic rings. The average Bonchev–Trinajstić information content (AvgIpc) is 2.97. The predicted octanol–water partition coefficient (Wildman–Crippen LogP) is 6.58. The largest absolute Gasteiger partial charge is 0.376 e. The van der Waals surface area contributed by atoms with E-state index in [9.17, 15) is 0 Å². The minimum absolute atomic E-state index is 0.263. The summed E-state index contributed by atoms with van der Waals surface area (Å²) in [5.74, 6) is 0.879. The molecule has 0 amide bonds. The van der Waals surface area contributed by atoms with Gasteiger partial charge in [0.25, 0.3) is 0 Å². The first kappa shape index (κ1) is 14.6. The average molecular weight is 395 g/mol. The van der Waals surface area contributed by atoms with Crippen LogP contribution in [0.2, 0.25) is 10.0 Å². The molecule has 1 aliphatic heterocycles. The lowest BCUT2D eigenvalue weighted by molar-refractivity contribution is 0.425. The Morgan fingerprint density at radius 3 is 2.64 bits per heavy atom. The molecule has 3 atom stereocenters. The van der Waals surface area contributed by atoms with Crippen molar-refractivity contribution in [2.24, 2.45) is 5.92 Å². The number of hydrogen-bond acceptors (Lipinski definition) is 1. The molecule has 0 saturated carbocycles. The van der Waals surface area contributed by atoms with Gasteiger partial charge in [0.1, 0.15) is 0 Å². The van der Waals surface area contributed by atoms with Gasteiger partial charge in [0, 0.05) is 15.4 Å². The van der Waals surface area contributed by atoms with Crippen LogP contribution in [0.4, 0.5) is 5.69 Å². The van der Waals surface area contributed by atoms with Crippen molar-refractivity contribution in [3.63, 3.8) is 0 Å². The van der Waals surface area contributed by atoms with Gasteiger partial charge in [-0.25, -0.2) is 0 Å². The van der Waals surface area contributed by atoms with Crippen molar-refractivity contribution in [2.75, 3.05) is 5.32 Å². The molecule has 1 nitrogen and oxygen atoms in total. The SMILES string of the molecule is Clc1cc(Cl)c2c(c1)[C@H]1C=CC[C@H]1[C@@H](c1ccc(Br)cc1)N2. The van der Waals surface area contributed by atoms with E-state index in [1.54, 1.807) is 0 Å². The van der Waals surface area contributed by atoms with E-state index in [0.717, 1.165) is 16.6 Å². The Morgan fingerprint density at radius 1 is 1.09 bits per heavy atom. The number of rotatable bonds is 1. The van der Waals surface area contributed by atoms with E-state index in [-0.39, 0.29) is 6.04 Å². The molecule has 2 aromatic rings. The lowest BCUT2D eigenvalue weighted by atomic mass is 9.77. The van der Waals surface area contributed by atoms with Gasteiger partial charge in [0.2, 0.25) is 0 Å². The Balaban J connectivity index is 1.82. The molecule has 0 aromatic heterocycles. The van der Waals surface area contributed by atoms with E-state index in [2.05, 4.69) is 57.7 Å². The maximum absolute atomic E-state index is 6.44. The summed E-state index contributed by atoms with van der Waals surface area (Å²) >= 11 is 16.1. The normalized spacial score (nSPS) is 25.5. The first-order valence-electron chi connectivity index (χ1n) is 7.31. The highest BCUT2D eigenvalue weighted by molar-refractivity contribution is 9.10. The first-order chi connectivity index (χ1) is 10.6. The highest BCUT2D eigenvalue weighted by atomic mass is 79.9. The van der Waals surface area contributed by atoms with E-state index >= 15 is 0 Å². The van der Waals surface area contributed by atoms with Crippen LogP contribution in [0.3, 0.4) is 0 Å². The first-order valence-corrected chi connectivity index (χ1v) is 8.86. The second-order valence-corrected chi connectivity index (χ2v) is 7.64. The lowest BCUT2D eigenvalue weighted by Crippen LogP contribution is -2.29. The van der Waals surface area contributed by atoms with Crippen molar-refractivity contribution in [1.29, 1.82) is 0 Å². The third kappa shape index (κ3) is 2.38. The summed E-state index contributed by atoms with van der Waals surface area (Å²) in [6.45, 7) is 0. The maximum atomic E-state index is 6.44. The molecule has 1 heterocycles. The van der Waals surface area contributed by atoms with E-state index < -0.39 is 0 Å². The van der Waals surface area contributed by atoms with Gasteiger partial charge in [-0.15, -0.1) is 0 Å². The topological polar surface area (TPSA) is 12.0 Å². The van der Waals surface area contributed by atoms with Crippen LogP contribution in [0.15, 0.2) is 53.0 Å². The summed E-state index contributed by atoms with van der Waals surface area (Å²) in [6.07, 6.45) is 5.64. The molecule has 4 heteroatoms. The molecule has 112 valence electrons. The quantitative estimate of drug-likeness (QED) is 0.538. The van der Waals surface area contributed by atoms with Crippen LogP contribution < -0.4 is 5.32 Å². The third-order valence-electron chi connectivity index (χ3n) is 4.61. The number of fused-ring (bicyclic) bond motifs is 3. The molecule has 0 radical (unpaired) electrons. The molecule has 1 N–H and O–H groups in total. The fourth-order valence-electron chi connectivity index (χ4n) is 3.62. The number of anilines is 1. The summed E-state index contributed by atoms with van der Waals surface area (Å²) < 4.78 is 1.10. The summed E-state index contributed by atoms with van der Waals surface area (Å²) in [5.41, 5.74) is 3.52. The van der Waals surface area contributed by atoms with Crippen molar-refractivity contribution < 1.29 is 0 Å². The van der Waals surface area contributed by atoms with Crippen LogP contribution in [0.5, 0.6) is 0 Å². The molecular formula is C18H14BrCl2N. The van der Waals surface area contributed by atoms with Crippen LogP contribution in [0, 0.1) is 5.92 Å². The van der Waals surface area contributed by atoms with Crippen LogP contribution in [-0.4, -0.2) is 0 Å². The van der Waals surface area contributed by atoms with Crippen LogP contribution in [0.25, 0.3) is 0 Å². The van der Waals surface area contributed by atoms with Gasteiger partial charge in [-0.2, -0.15) is 0 Å². The summed E-state index contributed by atoms with van der Waals surface area (Å²) in [5, 5.41) is 5.05. The van der Waals surface area contributed by atoms with Crippen LogP contribution >= 0.6 is 39.1 Å². The molecular weight excluding hydrogens is 381 g/mol. The van der Waals surface area contributed by atoms with Crippen molar-refractivity contribution >= 4 is 44.8 Å². The third-order valence-corrected chi connectivity index (χ3v) is 5.66. The molecule has 4 rings (SSSR count). The summed E-state index contributed by atoms with van der Waals surface area (Å²) in [7, 11) is 0. The molecule has 1 aliphatic carbocycles. The minimum Gasteiger partial charge on any atom is -0.376 e. The fraction of sp³-hybridized carbons (Fsp3) is 0.222. The van der Waals surface area contributed by atoms with E-state index in [0.29, 0.717) is 21.9 Å². The van der Waals surface area contributed by atoms with Crippen molar-refractivity contribution in [3.05, 3.63) is 74.2 Å². The van der Waals surface area contributed by atoms with Crippen molar-refractivity contribution in [3.8, 4) is 0 Å². The highest BCUT2D eigenvalue weighted by Crippen LogP contribution is 2.52. The van der Waals surface area contributed by atoms with E-state index in [1.165, 1.54) is 11.1 Å². The van der Waals surface area contributed by atoms with Crippen LogP contribution in [-0.2, 0) is 0 Å². The van der Waals surface area contributed by atoms with Gasteiger partial charge in [0.15, 0.2) is 0 Å². The Kier molecular flexibility index (Phi) is 3.72. The number of halogens is 3. The predicted molar refractivity (Wildman–Crippen MR) is 97.0 cm³/mol. The van der Waals surface area contributed by atoms with Crippen molar-refractivity contribution in [1.82, 2.24) is 0 Å². The Morgan fingerprint density at radius 2 is 1.86 bits per heavy atom. The number of benzene rings is 2. The second kappa shape index (κ2) is 5.59. The lowest BCUT2D eigenvalue weighted by Gasteiger charge is -2.38. The van der Waals surface area contributed by atoms with Gasteiger partial charge < -0.3 is 5.32 Å². The smallest absolute Gasteiger partial charge is 0.0655 e. The molecule has 0 unspecified atom stereocenters. The minimum atomic E-state index is 0.263. The molecule has 0 spiro atoms. The Hall–Kier alpha value is -0.960. The van der Waals surface area contributed by atoms with Gasteiger partial charge in [-0.3, -0.25) is 0 Å². The Labute approximate surface area is 148 Å². The standard InChI is InChI=1S/C18H14BrCl2N/c19-11-6-4-10(5-7-11)17-14-3-1-2-13(14)15-8-12(20)9-16(21)18(15)22-17/h1-2,4-9,13-14,17,22H,3H2/t13-,14+,17+/m0/s1.